The van der Waals surface area contributed by atoms with Crippen molar-refractivity contribution in [3.63, 3.8) is 0 Å². The summed E-state index contributed by atoms with van der Waals surface area (Å²) in [6.45, 7) is 4.83. The van der Waals surface area contributed by atoms with E-state index in [1.54, 1.807) is 24.3 Å². The van der Waals surface area contributed by atoms with Gasteiger partial charge in [-0.15, -0.1) is 0 Å². The number of benzene rings is 2. The summed E-state index contributed by atoms with van der Waals surface area (Å²) in [5.41, 5.74) is 2.90. The number of anilines is 2. The van der Waals surface area contributed by atoms with Gasteiger partial charge in [-0.3, -0.25) is 4.79 Å². The largest absolute Gasteiger partial charge is 0.478 e. The summed E-state index contributed by atoms with van der Waals surface area (Å²) < 4.78 is 0. The van der Waals surface area contributed by atoms with Crippen molar-refractivity contribution in [2.24, 2.45) is 0 Å². The van der Waals surface area contributed by atoms with Crippen LogP contribution in [0.2, 0.25) is 0 Å². The van der Waals surface area contributed by atoms with Gasteiger partial charge < -0.3 is 15.3 Å². The van der Waals surface area contributed by atoms with Crippen molar-refractivity contribution >= 4 is 23.3 Å². The predicted octanol–water partition coefficient (Wildman–Crippen LogP) is 4.18. The molecule has 0 unspecified atom stereocenters. The first-order valence-corrected chi connectivity index (χ1v) is 8.39. The summed E-state index contributed by atoms with van der Waals surface area (Å²) in [5, 5.41) is 12.3. The quantitative estimate of drug-likeness (QED) is 0.793. The number of carboxylic acid groups (broad SMARTS) is 1. The molecule has 0 aromatic heterocycles. The first-order chi connectivity index (χ1) is 11.9. The van der Waals surface area contributed by atoms with Crippen LogP contribution in [0.4, 0.5) is 11.4 Å². The van der Waals surface area contributed by atoms with E-state index in [1.165, 1.54) is 6.07 Å². The zero-order valence-corrected chi connectivity index (χ0v) is 14.9. The number of hydrogen-bond donors (Lipinski definition) is 2. The van der Waals surface area contributed by atoms with E-state index in [-0.39, 0.29) is 11.5 Å². The van der Waals surface area contributed by atoms with Crippen LogP contribution in [0, 0.1) is 6.92 Å². The van der Waals surface area contributed by atoms with Gasteiger partial charge in [0, 0.05) is 24.8 Å². The lowest BCUT2D eigenvalue weighted by Crippen LogP contribution is -2.21. The number of nitrogens with zero attached hydrogens (tertiary/aromatic N) is 1. The van der Waals surface area contributed by atoms with E-state index in [4.69, 9.17) is 0 Å². The van der Waals surface area contributed by atoms with Gasteiger partial charge in [-0.1, -0.05) is 31.0 Å². The number of carbonyl (C=O) groups excluding carboxylic acids is 1. The number of carboxylic acids is 1. The van der Waals surface area contributed by atoms with Gasteiger partial charge in [-0.05, 0) is 43.7 Å². The van der Waals surface area contributed by atoms with Crippen LogP contribution in [0.25, 0.3) is 0 Å². The van der Waals surface area contributed by atoms with Crippen molar-refractivity contribution in [1.29, 1.82) is 0 Å². The summed E-state index contributed by atoms with van der Waals surface area (Å²) in [6, 6.07) is 12.2. The van der Waals surface area contributed by atoms with E-state index in [0.717, 1.165) is 24.9 Å². The molecule has 0 aliphatic carbocycles. The Hall–Kier alpha value is -2.82. The van der Waals surface area contributed by atoms with Gasteiger partial charge in [0.2, 0.25) is 0 Å². The number of aryl methyl sites for hydroxylation is 1. The van der Waals surface area contributed by atoms with Crippen LogP contribution in [-0.4, -0.2) is 30.6 Å². The van der Waals surface area contributed by atoms with Crippen molar-refractivity contribution in [2.45, 2.75) is 26.7 Å². The number of aromatic carboxylic acids is 1. The van der Waals surface area contributed by atoms with Gasteiger partial charge in [0.15, 0.2) is 0 Å². The van der Waals surface area contributed by atoms with Crippen molar-refractivity contribution < 1.29 is 14.7 Å². The Labute approximate surface area is 148 Å². The highest BCUT2D eigenvalue weighted by Gasteiger charge is 2.15. The fourth-order valence-electron chi connectivity index (χ4n) is 2.54. The minimum absolute atomic E-state index is 0.181. The normalized spacial score (nSPS) is 10.4. The van der Waals surface area contributed by atoms with E-state index >= 15 is 0 Å². The molecule has 0 fully saturated rings. The summed E-state index contributed by atoms with van der Waals surface area (Å²) in [7, 11) is 1.88. The molecule has 5 heteroatoms. The van der Waals surface area contributed by atoms with E-state index in [0.29, 0.717) is 16.9 Å². The minimum Gasteiger partial charge on any atom is -0.478 e. The van der Waals surface area contributed by atoms with Crippen LogP contribution in [-0.2, 0) is 0 Å². The van der Waals surface area contributed by atoms with Gasteiger partial charge in [0.05, 0.1) is 11.3 Å². The molecule has 2 N–H and O–H groups in total. The number of amides is 1. The molecule has 0 bridgehead atoms. The Kier molecular flexibility index (Phi) is 6.17. The number of carbonyl (C=O) groups is 2. The van der Waals surface area contributed by atoms with Crippen molar-refractivity contribution in [2.75, 3.05) is 23.8 Å². The van der Waals surface area contributed by atoms with Crippen LogP contribution in [0.5, 0.6) is 0 Å². The van der Waals surface area contributed by atoms with Gasteiger partial charge in [-0.2, -0.15) is 0 Å². The van der Waals surface area contributed by atoms with Gasteiger partial charge >= 0.3 is 5.97 Å². The molecule has 0 atom stereocenters. The molecule has 0 heterocycles. The van der Waals surface area contributed by atoms with Crippen molar-refractivity contribution in [3.05, 3.63) is 59.2 Å². The molecule has 0 aliphatic heterocycles. The van der Waals surface area contributed by atoms with Crippen LogP contribution >= 0.6 is 0 Å². The van der Waals surface area contributed by atoms with E-state index < -0.39 is 5.97 Å². The molecule has 2 aromatic carbocycles. The summed E-state index contributed by atoms with van der Waals surface area (Å²) >= 11 is 0. The lowest BCUT2D eigenvalue weighted by Gasteiger charge is -2.21. The van der Waals surface area contributed by atoms with Gasteiger partial charge in [0.25, 0.3) is 5.91 Å². The molecule has 5 nitrogen and oxygen atoms in total. The molecule has 132 valence electrons. The average Bonchev–Trinajstić information content (AvgIpc) is 2.60. The second kappa shape index (κ2) is 8.33. The molecule has 2 aromatic rings. The van der Waals surface area contributed by atoms with Gasteiger partial charge in [0.1, 0.15) is 0 Å². The summed E-state index contributed by atoms with van der Waals surface area (Å²) in [5.74, 6) is -1.27. The zero-order chi connectivity index (χ0) is 18.4. The lowest BCUT2D eigenvalue weighted by atomic mass is 10.1. The maximum atomic E-state index is 12.3. The number of rotatable bonds is 7. The standard InChI is InChI=1S/C20H24N2O3/c1-4-5-12-22(3)18-11-10-16(13-17(18)20(24)25)21-19(23)15-8-6-14(2)7-9-15/h6-11,13H,4-5,12H2,1-3H3,(H,21,23)(H,24,25). The smallest absolute Gasteiger partial charge is 0.337 e. The second-order valence-electron chi connectivity index (χ2n) is 6.13. The predicted molar refractivity (Wildman–Crippen MR) is 101 cm³/mol. The topological polar surface area (TPSA) is 69.6 Å². The fourth-order valence-corrected chi connectivity index (χ4v) is 2.54. The molecule has 0 saturated heterocycles. The SMILES string of the molecule is CCCCN(C)c1ccc(NC(=O)c2ccc(C)cc2)cc1C(=O)O. The third-order valence-electron chi connectivity index (χ3n) is 4.06. The molecule has 0 radical (unpaired) electrons. The van der Waals surface area contributed by atoms with E-state index in [2.05, 4.69) is 12.2 Å². The highest BCUT2D eigenvalue weighted by atomic mass is 16.4. The van der Waals surface area contributed by atoms with Crippen LogP contribution in [0.15, 0.2) is 42.5 Å². The summed E-state index contributed by atoms with van der Waals surface area (Å²) in [6.07, 6.45) is 2.03. The van der Waals surface area contributed by atoms with Crippen LogP contribution in [0.1, 0.15) is 46.0 Å². The molecule has 2 rings (SSSR count). The lowest BCUT2D eigenvalue weighted by molar-refractivity contribution is 0.0697. The first-order valence-electron chi connectivity index (χ1n) is 8.39. The number of hydrogen-bond acceptors (Lipinski definition) is 3. The number of unbranched alkanes of at least 4 members (excludes halogenated alkanes) is 1. The Balaban J connectivity index is 2.22. The molecular weight excluding hydrogens is 316 g/mol. The Morgan fingerprint density at radius 2 is 1.80 bits per heavy atom. The van der Waals surface area contributed by atoms with Gasteiger partial charge in [-0.25, -0.2) is 4.79 Å². The third kappa shape index (κ3) is 4.83. The number of nitrogens with one attached hydrogen (secondary N) is 1. The highest BCUT2D eigenvalue weighted by Crippen LogP contribution is 2.24. The first kappa shape index (κ1) is 18.5. The maximum absolute atomic E-state index is 12.3. The molecule has 25 heavy (non-hydrogen) atoms. The van der Waals surface area contributed by atoms with Crippen LogP contribution in [0.3, 0.4) is 0 Å². The molecule has 1 amide bonds. The Morgan fingerprint density at radius 1 is 1.12 bits per heavy atom. The van der Waals surface area contributed by atoms with E-state index in [1.807, 2.05) is 31.0 Å². The molecule has 0 saturated carbocycles. The van der Waals surface area contributed by atoms with Crippen molar-refractivity contribution in [1.82, 2.24) is 0 Å². The summed E-state index contributed by atoms with van der Waals surface area (Å²) in [4.78, 5) is 25.8. The average molecular weight is 340 g/mol. The fraction of sp³-hybridized carbons (Fsp3) is 0.300. The third-order valence-corrected chi connectivity index (χ3v) is 4.06. The molecular formula is C20H24N2O3. The van der Waals surface area contributed by atoms with Crippen LogP contribution < -0.4 is 10.2 Å². The molecule has 0 aliphatic rings. The monoisotopic (exact) mass is 340 g/mol. The second-order valence-corrected chi connectivity index (χ2v) is 6.13. The zero-order valence-electron chi connectivity index (χ0n) is 14.9. The Morgan fingerprint density at radius 3 is 2.40 bits per heavy atom. The van der Waals surface area contributed by atoms with Crippen molar-refractivity contribution in [3.8, 4) is 0 Å². The Bertz CT molecular complexity index is 754. The highest BCUT2D eigenvalue weighted by molar-refractivity contribution is 6.05. The minimum atomic E-state index is -1.01. The molecule has 0 spiro atoms. The maximum Gasteiger partial charge on any atom is 0.337 e. The van der Waals surface area contributed by atoms with E-state index in [9.17, 15) is 14.7 Å².